The largest absolute Gasteiger partial charge is 0.508 e. The summed E-state index contributed by atoms with van der Waals surface area (Å²) in [4.78, 5) is 268. The number of phenols is 1. The van der Waals surface area contributed by atoms with E-state index >= 15 is 52.7 Å². The maximum absolute atomic E-state index is 15.8. The minimum Gasteiger partial charge on any atom is -0.508 e. The van der Waals surface area contributed by atoms with E-state index in [1.54, 1.807) is 81.0 Å². The number of benzene rings is 3. The normalized spacial score (nSPS) is 25.4. The third-order valence-corrected chi connectivity index (χ3v) is 26.1. The monoisotopic (exact) mass is 1920 g/mol. The lowest BCUT2D eigenvalue weighted by Crippen LogP contribution is -2.61. The molecule has 137 heavy (non-hydrogen) atoms. The second kappa shape index (κ2) is 50.3. The third kappa shape index (κ3) is 29.0. The number of nitrogens with zero attached hydrogens (tertiary/aromatic N) is 6. The Balaban J connectivity index is 1.02. The van der Waals surface area contributed by atoms with Crippen molar-refractivity contribution in [1.29, 1.82) is 5.41 Å². The number of H-pyrrole nitrogens is 2. The Bertz CT molecular complexity index is 5280. The second-order valence-corrected chi connectivity index (χ2v) is 36.8. The van der Waals surface area contributed by atoms with E-state index in [0.717, 1.165) is 31.4 Å². The number of rotatable bonds is 26. The molecule has 10 rings (SSSR count). The summed E-state index contributed by atoms with van der Waals surface area (Å²) in [6, 6.07) is -1.71. The summed E-state index contributed by atoms with van der Waals surface area (Å²) < 4.78 is 0. The number of para-hydroxylation sites is 2. The summed E-state index contributed by atoms with van der Waals surface area (Å²) in [5, 5.41) is 71.6. The predicted octanol–water partition coefficient (Wildman–Crippen LogP) is -2.00. The summed E-state index contributed by atoms with van der Waals surface area (Å²) in [5.74, 6) is -17.5. The molecule has 2 aromatic heterocycles. The molecule has 0 unspecified atom stereocenters. The van der Waals surface area contributed by atoms with Gasteiger partial charge >= 0.3 is 0 Å². The van der Waals surface area contributed by atoms with Crippen molar-refractivity contribution in [1.82, 2.24) is 93.0 Å². The van der Waals surface area contributed by atoms with E-state index in [1.165, 1.54) is 49.5 Å². The first-order chi connectivity index (χ1) is 65.4. The molecular formula is C93H129N23O20S. The van der Waals surface area contributed by atoms with Crippen LogP contribution in [0.25, 0.3) is 21.8 Å². The summed E-state index contributed by atoms with van der Waals surface area (Å²) in [7, 11) is 2.70. The van der Waals surface area contributed by atoms with Crippen molar-refractivity contribution in [2.75, 3.05) is 64.9 Å². The molecule has 0 spiro atoms. The van der Waals surface area contributed by atoms with E-state index in [-0.39, 0.29) is 128 Å². The van der Waals surface area contributed by atoms with Crippen molar-refractivity contribution in [2.24, 2.45) is 28.1 Å². The number of aromatic amines is 2. The molecule has 0 bridgehead atoms. The van der Waals surface area contributed by atoms with E-state index in [2.05, 4.69) is 73.4 Å². The zero-order valence-electron chi connectivity index (χ0n) is 77.9. The zero-order chi connectivity index (χ0) is 99.4. The van der Waals surface area contributed by atoms with Crippen LogP contribution < -0.4 is 75.7 Å². The average molecular weight is 1920 g/mol. The van der Waals surface area contributed by atoms with Gasteiger partial charge in [0.2, 0.25) is 100 Å². The van der Waals surface area contributed by atoms with Crippen LogP contribution in [0.5, 0.6) is 5.75 Å². The first kappa shape index (κ1) is 106. The number of carbonyl (C=O) groups is 17. The van der Waals surface area contributed by atoms with Crippen molar-refractivity contribution in [3.05, 3.63) is 114 Å². The van der Waals surface area contributed by atoms with E-state index in [0.29, 0.717) is 69.8 Å². The number of aromatic nitrogens is 2. The lowest BCUT2D eigenvalue weighted by molar-refractivity contribution is -0.149. The summed E-state index contributed by atoms with van der Waals surface area (Å²) in [5.41, 5.74) is 20.1. The molecule has 0 radical (unpaired) electrons. The smallest absolute Gasteiger partial charge is 0.246 e. The molecule has 742 valence electrons. The first-order valence-corrected chi connectivity index (χ1v) is 47.6. The minimum absolute atomic E-state index is 0.00403. The molecule has 15 atom stereocenters. The lowest BCUT2D eigenvalue weighted by Gasteiger charge is -2.36. The van der Waals surface area contributed by atoms with Gasteiger partial charge in [-0.05, 0) is 117 Å². The van der Waals surface area contributed by atoms with Crippen LogP contribution in [0.15, 0.2) is 102 Å². The van der Waals surface area contributed by atoms with Crippen molar-refractivity contribution in [3.63, 3.8) is 0 Å². The van der Waals surface area contributed by atoms with E-state index in [1.807, 2.05) is 13.8 Å². The first-order valence-electron chi connectivity index (χ1n) is 46.5. The number of primary amides is 2. The summed E-state index contributed by atoms with van der Waals surface area (Å²) in [6.45, 7) is 4.75. The van der Waals surface area contributed by atoms with Crippen LogP contribution in [0.1, 0.15) is 154 Å². The fourth-order valence-electron chi connectivity index (χ4n) is 17.8. The number of aliphatic hydroxyl groups is 2. The molecule has 5 aromatic rings. The Kier molecular flexibility index (Phi) is 38.8. The molecule has 17 amide bonds. The fraction of sp³-hybridized carbons (Fsp3) is 0.538. The summed E-state index contributed by atoms with van der Waals surface area (Å²) >= 11 is 0.781. The fourth-order valence-corrected chi connectivity index (χ4v) is 18.7. The predicted molar refractivity (Wildman–Crippen MR) is 506 cm³/mol. The SMILES string of the molecule is CCCC[C@H]1C(=O)N(C)[C@@H](CCCC)C(=O)N[C@@H](CCCNC(=N)N)C(=O)N[C@H](C(=O)NCC(N)=O)CSCC(=O)N[C@@H](Cc2ccc(O)cc2)C(=O)N2CCC[C@H]2C(=O)N[C@@H](CC(N)=O)C(=O)N2CCC[C@H]2C(=O)N[C@@H](CC2=CN=CC2)C(=O)N[C@@H](CC(C)C)C(=O)N2C[C@H](O)C[C@H]2C(=O)N[C@@H](Cc2c[nH]c3ccccc23)C(=O)N[C@@H](CO)C(=O)N[C@@H](Cc2c[nH]c3ccccc23)C(=O)N1C. The van der Waals surface area contributed by atoms with Crippen LogP contribution in [0, 0.1) is 11.3 Å². The number of nitrogens with one attached hydrogen (secondary N) is 14. The number of fused-ring (bicyclic) bond motifs is 5. The number of hydrogen-bond donors (Lipinski definition) is 20. The Morgan fingerprint density at radius 3 is 1.62 bits per heavy atom. The van der Waals surface area contributed by atoms with Crippen LogP contribution in [-0.2, 0) is 101 Å². The van der Waals surface area contributed by atoms with Crippen molar-refractivity contribution in [2.45, 2.75) is 247 Å². The van der Waals surface area contributed by atoms with Gasteiger partial charge in [-0.25, -0.2) is 0 Å². The number of carbonyl (C=O) groups excluding carboxylic acids is 17. The number of nitrogens with two attached hydrogens (primary N) is 3. The second-order valence-electron chi connectivity index (χ2n) is 35.8. The number of guanidine groups is 1. The molecule has 43 nitrogen and oxygen atoms in total. The Morgan fingerprint density at radius 2 is 1.05 bits per heavy atom. The highest BCUT2D eigenvalue weighted by atomic mass is 32.2. The Morgan fingerprint density at radius 1 is 0.540 bits per heavy atom. The van der Waals surface area contributed by atoms with Gasteiger partial charge in [0, 0.05) is 125 Å². The highest BCUT2D eigenvalue weighted by Crippen LogP contribution is 2.30. The number of likely N-dealkylation sites (N-methyl/N-ethyl adjacent to an activating group) is 2. The molecule has 4 saturated heterocycles. The molecule has 0 aliphatic carbocycles. The van der Waals surface area contributed by atoms with Gasteiger partial charge < -0.3 is 125 Å². The van der Waals surface area contributed by atoms with Crippen LogP contribution in [0.2, 0.25) is 0 Å². The minimum atomic E-state index is -1.89. The number of aliphatic imine (C=N–C) groups is 1. The van der Waals surface area contributed by atoms with Crippen LogP contribution in [0.4, 0.5) is 0 Å². The molecule has 5 aliphatic heterocycles. The van der Waals surface area contributed by atoms with Crippen molar-refractivity contribution < 1.29 is 96.8 Å². The maximum atomic E-state index is 15.8. The molecule has 23 N–H and O–H groups in total. The molecular weight excluding hydrogens is 1790 g/mol. The van der Waals surface area contributed by atoms with Crippen molar-refractivity contribution in [3.8, 4) is 5.75 Å². The summed E-state index contributed by atoms with van der Waals surface area (Å²) in [6.07, 6.45) is 4.82. The van der Waals surface area contributed by atoms with E-state index in [9.17, 15) is 44.1 Å². The average Bonchev–Trinajstić information content (AvgIpc) is 1.67. The number of phenolic OH excluding ortho intramolecular Hbond substituents is 1. The maximum Gasteiger partial charge on any atom is 0.246 e. The molecule has 4 fully saturated rings. The number of hydrogen-bond acceptors (Lipinski definition) is 23. The van der Waals surface area contributed by atoms with E-state index in [4.69, 9.17) is 22.6 Å². The highest BCUT2D eigenvalue weighted by molar-refractivity contribution is 8.00. The molecule has 7 heterocycles. The van der Waals surface area contributed by atoms with E-state index < -0.39 is 235 Å². The van der Waals surface area contributed by atoms with Crippen molar-refractivity contribution >= 4 is 146 Å². The molecule has 0 saturated carbocycles. The van der Waals surface area contributed by atoms with Gasteiger partial charge in [0.15, 0.2) is 5.96 Å². The third-order valence-electron chi connectivity index (χ3n) is 25.1. The van der Waals surface area contributed by atoms with Gasteiger partial charge in [-0.2, -0.15) is 0 Å². The van der Waals surface area contributed by atoms with Crippen LogP contribution in [-0.4, -0.2) is 318 Å². The lowest BCUT2D eigenvalue weighted by atomic mass is 9.99. The quantitative estimate of drug-likeness (QED) is 0.0162. The van der Waals surface area contributed by atoms with Gasteiger partial charge in [-0.3, -0.25) is 91.9 Å². The molecule has 3 aromatic carbocycles. The van der Waals surface area contributed by atoms with Gasteiger partial charge in [0.25, 0.3) is 0 Å². The Hall–Kier alpha value is -13.5. The number of amides is 17. The van der Waals surface area contributed by atoms with Crippen LogP contribution >= 0.6 is 11.8 Å². The van der Waals surface area contributed by atoms with Crippen LogP contribution in [0.3, 0.4) is 0 Å². The Labute approximate surface area is 796 Å². The standard InChI is InChI=1S/C93H129N23O20S/c1-7-9-23-71-84(128)104-62(22-15-32-99-93(96)97)80(124)111-70(79(123)102-46-77(95)121)49-137-50-78(122)103-66(37-52-27-29-56(118)30-28-52)89(133)114-34-17-26-73(114)86(130)109-68(42-76(94)120)90(134)115-35-16-25-72(115)85(129)105-63(38-53-31-33-98-43-53)81(125)107-65(36-51(3)4)91(135)116-47-57(119)41-75(116)87(131)106-64(39-54-44-100-60-20-13-11-18-58(54)60)82(126)110-69(48-117)83(127)108-67(40-55-45-101-61-21-14-12-19-59(55)61)88(132)113(6)74(24-10-8-2)92(136)112(71)5/h11-14,18-21,27-30,33,43-45,51,57,62-75,100-101,117-119H,7-10,15-17,22-26,31-32,34-42,46-50H2,1-6H3,(H2,94,120)(H2,95,121)(H,102,123)(H,103,122)(H,104,128)(H,105,129)(H,106,131)(H,107,125)(H,108,127)(H,109,130)(H,110,126)(H,111,124)(H4,96,97,99)/t57-,62+,63+,64+,65+,66+,67+,68+,69+,70+,71+,72+,73+,74+,75+/m1/s1. The zero-order valence-corrected chi connectivity index (χ0v) is 78.7. The number of unbranched alkanes of at least 4 members (excludes halogenated alkanes) is 2. The van der Waals surface area contributed by atoms with Gasteiger partial charge in [-0.15, -0.1) is 11.8 Å². The van der Waals surface area contributed by atoms with Gasteiger partial charge in [0.05, 0.1) is 31.4 Å². The number of thioether (sulfide) groups is 1. The highest BCUT2D eigenvalue weighted by Gasteiger charge is 2.48. The molecule has 5 aliphatic rings. The topological polar surface area (TPSA) is 645 Å². The van der Waals surface area contributed by atoms with Gasteiger partial charge in [-0.1, -0.05) is 102 Å². The number of aliphatic hydroxyl groups excluding tert-OH is 2. The van der Waals surface area contributed by atoms with Gasteiger partial charge in [0.1, 0.15) is 90.3 Å². The number of aromatic hydroxyl groups is 1. The molecule has 44 heteroatoms.